The molecule has 7 heteroatoms. The number of aryl methyl sites for hydroxylation is 1. The number of nitrogens with one attached hydrogen (secondary N) is 1. The van der Waals surface area contributed by atoms with Gasteiger partial charge in [-0.1, -0.05) is 72.8 Å². The van der Waals surface area contributed by atoms with Crippen molar-refractivity contribution in [2.75, 3.05) is 18.4 Å². The van der Waals surface area contributed by atoms with Gasteiger partial charge in [0.15, 0.2) is 5.03 Å². The second-order valence-corrected chi connectivity index (χ2v) is 9.46. The first-order chi connectivity index (χ1) is 15.5. The number of imidazole rings is 1. The number of rotatable bonds is 9. The van der Waals surface area contributed by atoms with Gasteiger partial charge in [0.05, 0.1) is 6.33 Å². The standard InChI is InChI=1S/C25H26N4O2S/c1-28-19-25(27-20-28)32(30,31)29(18-21-8-4-2-5-9-21)17-16-26-24-14-12-23(13-15-24)22-10-6-3-7-11-22/h2-15,19-20,26H,16-18H2,1H3. The lowest BCUT2D eigenvalue weighted by Gasteiger charge is -2.22. The number of benzene rings is 3. The van der Waals surface area contributed by atoms with Gasteiger partial charge in [0.25, 0.3) is 10.0 Å². The SMILES string of the molecule is Cn1cnc(S(=O)(=O)N(CCNc2ccc(-c3ccccc3)cc2)Cc2ccccc2)c1. The number of aromatic nitrogens is 2. The molecule has 4 rings (SSSR count). The molecule has 6 nitrogen and oxygen atoms in total. The second-order valence-electron chi connectivity index (χ2n) is 7.57. The van der Waals surface area contributed by atoms with E-state index in [9.17, 15) is 8.42 Å². The zero-order valence-electron chi connectivity index (χ0n) is 17.9. The lowest BCUT2D eigenvalue weighted by atomic mass is 10.1. The maximum atomic E-state index is 13.2. The van der Waals surface area contributed by atoms with Crippen molar-refractivity contribution in [3.8, 4) is 11.1 Å². The number of hydrogen-bond donors (Lipinski definition) is 1. The third-order valence-electron chi connectivity index (χ3n) is 5.17. The molecule has 3 aromatic carbocycles. The molecular weight excluding hydrogens is 420 g/mol. The molecule has 1 aromatic heterocycles. The topological polar surface area (TPSA) is 67.2 Å². The smallest absolute Gasteiger partial charge is 0.262 e. The lowest BCUT2D eigenvalue weighted by molar-refractivity contribution is 0.416. The highest BCUT2D eigenvalue weighted by Gasteiger charge is 2.26. The Morgan fingerprint density at radius 2 is 1.50 bits per heavy atom. The summed E-state index contributed by atoms with van der Waals surface area (Å²) in [5, 5.41) is 3.40. The average molecular weight is 447 g/mol. The molecule has 0 saturated carbocycles. The van der Waals surface area contributed by atoms with Crippen molar-refractivity contribution >= 4 is 15.7 Å². The third-order valence-corrected chi connectivity index (χ3v) is 6.90. The Bertz CT molecular complexity index is 1240. The van der Waals surface area contributed by atoms with Crippen LogP contribution in [-0.4, -0.2) is 35.4 Å². The summed E-state index contributed by atoms with van der Waals surface area (Å²) >= 11 is 0. The summed E-state index contributed by atoms with van der Waals surface area (Å²) in [7, 11) is -1.96. The van der Waals surface area contributed by atoms with Crippen LogP contribution in [0, 0.1) is 0 Å². The van der Waals surface area contributed by atoms with Crippen LogP contribution in [0.4, 0.5) is 5.69 Å². The van der Waals surface area contributed by atoms with Gasteiger partial charge in [0, 0.05) is 38.6 Å². The van der Waals surface area contributed by atoms with E-state index in [2.05, 4.69) is 34.6 Å². The van der Waals surface area contributed by atoms with Crippen molar-refractivity contribution in [1.82, 2.24) is 13.9 Å². The molecule has 0 amide bonds. The maximum Gasteiger partial charge on any atom is 0.262 e. The first-order valence-corrected chi connectivity index (χ1v) is 11.9. The van der Waals surface area contributed by atoms with E-state index in [1.165, 1.54) is 16.8 Å². The van der Waals surface area contributed by atoms with Crippen molar-refractivity contribution < 1.29 is 8.42 Å². The van der Waals surface area contributed by atoms with Gasteiger partial charge in [0.1, 0.15) is 0 Å². The van der Waals surface area contributed by atoms with E-state index >= 15 is 0 Å². The Morgan fingerprint density at radius 1 is 0.875 bits per heavy atom. The van der Waals surface area contributed by atoms with Crippen LogP contribution in [0.5, 0.6) is 0 Å². The van der Waals surface area contributed by atoms with Crippen LogP contribution in [0.3, 0.4) is 0 Å². The minimum atomic E-state index is -3.71. The highest BCUT2D eigenvalue weighted by Crippen LogP contribution is 2.21. The molecule has 0 aliphatic carbocycles. The Labute approximate surface area is 189 Å². The molecule has 1 N–H and O–H groups in total. The number of anilines is 1. The van der Waals surface area contributed by atoms with Gasteiger partial charge in [-0.05, 0) is 28.8 Å². The van der Waals surface area contributed by atoms with Gasteiger partial charge in [-0.25, -0.2) is 13.4 Å². The Hall–Kier alpha value is -3.42. The zero-order valence-corrected chi connectivity index (χ0v) is 18.7. The van der Waals surface area contributed by atoms with E-state index in [1.807, 2.05) is 60.7 Å². The summed E-state index contributed by atoms with van der Waals surface area (Å²) in [4.78, 5) is 4.07. The fourth-order valence-corrected chi connectivity index (χ4v) is 4.86. The lowest BCUT2D eigenvalue weighted by Crippen LogP contribution is -2.34. The van der Waals surface area contributed by atoms with Crippen LogP contribution in [-0.2, 0) is 23.6 Å². The number of sulfonamides is 1. The minimum Gasteiger partial charge on any atom is -0.384 e. The Balaban J connectivity index is 1.45. The van der Waals surface area contributed by atoms with E-state index in [4.69, 9.17) is 0 Å². The summed E-state index contributed by atoms with van der Waals surface area (Å²) in [5.41, 5.74) is 4.17. The minimum absolute atomic E-state index is 0.0585. The van der Waals surface area contributed by atoms with E-state index in [1.54, 1.807) is 11.6 Å². The fourth-order valence-electron chi connectivity index (χ4n) is 3.46. The van der Waals surface area contributed by atoms with Gasteiger partial charge >= 0.3 is 0 Å². The van der Waals surface area contributed by atoms with Crippen LogP contribution in [0.15, 0.2) is 102 Å². The summed E-state index contributed by atoms with van der Waals surface area (Å²) in [6, 6.07) is 27.9. The van der Waals surface area contributed by atoms with Crippen molar-refractivity contribution in [3.63, 3.8) is 0 Å². The predicted molar refractivity (Wildman–Crippen MR) is 128 cm³/mol. The molecule has 0 fully saturated rings. The van der Waals surface area contributed by atoms with Crippen LogP contribution in [0.1, 0.15) is 5.56 Å². The summed E-state index contributed by atoms with van der Waals surface area (Å²) < 4.78 is 29.5. The van der Waals surface area contributed by atoms with Crippen LogP contribution >= 0.6 is 0 Å². The van der Waals surface area contributed by atoms with Crippen LogP contribution in [0.2, 0.25) is 0 Å². The molecule has 32 heavy (non-hydrogen) atoms. The molecular formula is C25H26N4O2S. The third kappa shape index (κ3) is 5.25. The molecule has 0 radical (unpaired) electrons. The van der Waals surface area contributed by atoms with E-state index < -0.39 is 10.0 Å². The molecule has 0 bridgehead atoms. The van der Waals surface area contributed by atoms with Gasteiger partial charge < -0.3 is 9.88 Å². The second kappa shape index (κ2) is 9.80. The molecule has 4 aromatic rings. The quantitative estimate of drug-likeness (QED) is 0.414. The average Bonchev–Trinajstić information content (AvgIpc) is 3.27. The fraction of sp³-hybridized carbons (Fsp3) is 0.160. The van der Waals surface area contributed by atoms with Crippen LogP contribution < -0.4 is 5.32 Å². The highest BCUT2D eigenvalue weighted by molar-refractivity contribution is 7.89. The predicted octanol–water partition coefficient (Wildman–Crippen LogP) is 4.39. The molecule has 0 aliphatic heterocycles. The summed E-state index contributed by atoms with van der Waals surface area (Å²) in [6.45, 7) is 1.08. The first kappa shape index (κ1) is 21.8. The van der Waals surface area contributed by atoms with Gasteiger partial charge in [-0.15, -0.1) is 0 Å². The van der Waals surface area contributed by atoms with Gasteiger partial charge in [-0.2, -0.15) is 4.31 Å². The molecule has 0 spiro atoms. The largest absolute Gasteiger partial charge is 0.384 e. The van der Waals surface area contributed by atoms with Crippen molar-refractivity contribution in [3.05, 3.63) is 103 Å². The zero-order chi connectivity index (χ0) is 22.4. The molecule has 1 heterocycles. The van der Waals surface area contributed by atoms with Crippen LogP contribution in [0.25, 0.3) is 11.1 Å². The van der Waals surface area contributed by atoms with E-state index in [0.717, 1.165) is 22.4 Å². The van der Waals surface area contributed by atoms with Gasteiger partial charge in [0.2, 0.25) is 0 Å². The van der Waals surface area contributed by atoms with Gasteiger partial charge in [-0.3, -0.25) is 0 Å². The summed E-state index contributed by atoms with van der Waals surface area (Å²) in [5.74, 6) is 0. The number of hydrogen-bond acceptors (Lipinski definition) is 4. The molecule has 0 atom stereocenters. The summed E-state index contributed by atoms with van der Waals surface area (Å²) in [6.07, 6.45) is 3.03. The monoisotopic (exact) mass is 446 g/mol. The van der Waals surface area contributed by atoms with Crippen molar-refractivity contribution in [2.24, 2.45) is 7.05 Å². The normalized spacial score (nSPS) is 11.6. The highest BCUT2D eigenvalue weighted by atomic mass is 32.2. The number of nitrogens with zero attached hydrogens (tertiary/aromatic N) is 3. The Kier molecular flexibility index (Phi) is 6.68. The van der Waals surface area contributed by atoms with E-state index in [-0.39, 0.29) is 11.6 Å². The first-order valence-electron chi connectivity index (χ1n) is 10.4. The van der Waals surface area contributed by atoms with Crippen molar-refractivity contribution in [1.29, 1.82) is 0 Å². The Morgan fingerprint density at radius 3 is 2.12 bits per heavy atom. The molecule has 0 unspecified atom stereocenters. The molecule has 164 valence electrons. The maximum absolute atomic E-state index is 13.2. The molecule has 0 saturated heterocycles. The molecule has 0 aliphatic rings. The van der Waals surface area contributed by atoms with Crippen molar-refractivity contribution in [2.45, 2.75) is 11.6 Å². The van der Waals surface area contributed by atoms with E-state index in [0.29, 0.717) is 13.1 Å².